The van der Waals surface area contributed by atoms with Gasteiger partial charge in [-0.05, 0) is 24.3 Å². The normalized spacial score (nSPS) is 10.3. The van der Waals surface area contributed by atoms with Gasteiger partial charge in [-0.3, -0.25) is 4.79 Å². The first-order valence-corrected chi connectivity index (χ1v) is 6.90. The van der Waals surface area contributed by atoms with E-state index in [1.54, 1.807) is 5.38 Å². The molecule has 0 saturated heterocycles. The van der Waals surface area contributed by atoms with Crippen LogP contribution in [0.1, 0.15) is 5.69 Å². The molecule has 0 aliphatic carbocycles. The number of thiazole rings is 1. The Morgan fingerprint density at radius 3 is 2.80 bits per heavy atom. The monoisotopic (exact) mass is 295 g/mol. The number of carbonyl (C=O) groups excluding carboxylic acids is 1. The molecule has 0 saturated carbocycles. The topological polar surface area (TPSA) is 74.2 Å². The number of nitrogens with zero attached hydrogens (tertiary/aromatic N) is 1. The molecule has 1 aromatic heterocycles. The summed E-state index contributed by atoms with van der Waals surface area (Å²) in [6, 6.07) is 5.58. The molecule has 0 spiro atoms. The summed E-state index contributed by atoms with van der Waals surface area (Å²) in [4.78, 5) is 16.0. The third-order valence-corrected chi connectivity index (χ3v) is 3.26. The lowest BCUT2D eigenvalue weighted by molar-refractivity contribution is -0.115. The standard InChI is InChI=1S/C13H14FN3O2S/c14-9-1-3-10(4-2-9)16-12(19)7-11-8-20-13(17-11)15-5-6-18/h1-4,8,18H,5-7H2,(H,15,17)(H,16,19). The van der Waals surface area contributed by atoms with E-state index in [0.29, 0.717) is 23.1 Å². The summed E-state index contributed by atoms with van der Waals surface area (Å²) in [5.41, 5.74) is 1.19. The zero-order chi connectivity index (χ0) is 14.4. The van der Waals surface area contributed by atoms with Gasteiger partial charge in [0, 0.05) is 17.6 Å². The Morgan fingerprint density at radius 1 is 1.35 bits per heavy atom. The Bertz CT molecular complexity index is 571. The number of hydrogen-bond acceptors (Lipinski definition) is 5. The van der Waals surface area contributed by atoms with E-state index in [9.17, 15) is 9.18 Å². The van der Waals surface area contributed by atoms with E-state index in [-0.39, 0.29) is 24.8 Å². The van der Waals surface area contributed by atoms with E-state index >= 15 is 0 Å². The first-order chi connectivity index (χ1) is 9.67. The average Bonchev–Trinajstić information content (AvgIpc) is 2.86. The van der Waals surface area contributed by atoms with Gasteiger partial charge in [-0.2, -0.15) is 0 Å². The number of amides is 1. The number of aliphatic hydroxyl groups is 1. The summed E-state index contributed by atoms with van der Waals surface area (Å²) in [7, 11) is 0. The van der Waals surface area contributed by atoms with Gasteiger partial charge < -0.3 is 15.7 Å². The van der Waals surface area contributed by atoms with Crippen LogP contribution in [0.3, 0.4) is 0 Å². The van der Waals surface area contributed by atoms with E-state index in [4.69, 9.17) is 5.11 Å². The highest BCUT2D eigenvalue weighted by molar-refractivity contribution is 7.13. The first-order valence-electron chi connectivity index (χ1n) is 6.02. The van der Waals surface area contributed by atoms with Gasteiger partial charge in [0.1, 0.15) is 5.82 Å². The second-order valence-electron chi connectivity index (χ2n) is 4.03. The van der Waals surface area contributed by atoms with Crippen molar-refractivity contribution in [1.29, 1.82) is 0 Å². The van der Waals surface area contributed by atoms with Crippen molar-refractivity contribution in [2.24, 2.45) is 0 Å². The number of aliphatic hydroxyl groups excluding tert-OH is 1. The van der Waals surface area contributed by atoms with E-state index in [0.717, 1.165) is 0 Å². The van der Waals surface area contributed by atoms with Crippen molar-refractivity contribution in [3.8, 4) is 0 Å². The minimum Gasteiger partial charge on any atom is -0.395 e. The Morgan fingerprint density at radius 2 is 2.10 bits per heavy atom. The Kier molecular flexibility index (Phi) is 5.03. The molecule has 0 unspecified atom stereocenters. The highest BCUT2D eigenvalue weighted by Crippen LogP contribution is 2.16. The number of nitrogens with one attached hydrogen (secondary N) is 2. The van der Waals surface area contributed by atoms with Crippen LogP contribution in [-0.2, 0) is 11.2 Å². The van der Waals surface area contributed by atoms with Crippen LogP contribution in [0.2, 0.25) is 0 Å². The van der Waals surface area contributed by atoms with Gasteiger partial charge in [0.2, 0.25) is 5.91 Å². The van der Waals surface area contributed by atoms with Gasteiger partial charge in [-0.1, -0.05) is 0 Å². The molecule has 1 aromatic carbocycles. The summed E-state index contributed by atoms with van der Waals surface area (Å²) in [6.45, 7) is 0.453. The summed E-state index contributed by atoms with van der Waals surface area (Å²) in [6.07, 6.45) is 0.148. The van der Waals surface area contributed by atoms with Crippen molar-refractivity contribution in [3.05, 3.63) is 41.2 Å². The van der Waals surface area contributed by atoms with Crippen molar-refractivity contribution in [1.82, 2.24) is 4.98 Å². The van der Waals surface area contributed by atoms with Gasteiger partial charge in [-0.15, -0.1) is 11.3 Å². The molecule has 0 radical (unpaired) electrons. The molecule has 106 valence electrons. The lowest BCUT2D eigenvalue weighted by Gasteiger charge is -2.03. The minimum atomic E-state index is -0.345. The zero-order valence-corrected chi connectivity index (χ0v) is 11.4. The molecular formula is C13H14FN3O2S. The molecule has 0 atom stereocenters. The van der Waals surface area contributed by atoms with E-state index in [1.165, 1.54) is 35.6 Å². The van der Waals surface area contributed by atoms with E-state index < -0.39 is 0 Å². The smallest absolute Gasteiger partial charge is 0.230 e. The van der Waals surface area contributed by atoms with Crippen LogP contribution in [0.5, 0.6) is 0 Å². The van der Waals surface area contributed by atoms with E-state index in [2.05, 4.69) is 15.6 Å². The maximum Gasteiger partial charge on any atom is 0.230 e. The molecule has 0 aliphatic rings. The molecule has 20 heavy (non-hydrogen) atoms. The Hall–Kier alpha value is -1.99. The molecule has 2 rings (SSSR count). The highest BCUT2D eigenvalue weighted by atomic mass is 32.1. The molecule has 3 N–H and O–H groups in total. The average molecular weight is 295 g/mol. The number of benzene rings is 1. The molecule has 2 aromatic rings. The largest absolute Gasteiger partial charge is 0.395 e. The van der Waals surface area contributed by atoms with Gasteiger partial charge >= 0.3 is 0 Å². The van der Waals surface area contributed by atoms with Crippen LogP contribution < -0.4 is 10.6 Å². The van der Waals surface area contributed by atoms with Gasteiger partial charge in [0.05, 0.1) is 18.7 Å². The van der Waals surface area contributed by atoms with Crippen LogP contribution in [0.15, 0.2) is 29.6 Å². The third-order valence-electron chi connectivity index (χ3n) is 2.41. The van der Waals surface area contributed by atoms with Crippen molar-refractivity contribution >= 4 is 28.1 Å². The Balaban J connectivity index is 1.87. The number of hydrogen-bond donors (Lipinski definition) is 3. The fourth-order valence-corrected chi connectivity index (χ4v) is 2.27. The van der Waals surface area contributed by atoms with Crippen LogP contribution >= 0.6 is 11.3 Å². The lowest BCUT2D eigenvalue weighted by Crippen LogP contribution is -2.14. The van der Waals surface area contributed by atoms with Crippen molar-refractivity contribution in [3.63, 3.8) is 0 Å². The van der Waals surface area contributed by atoms with Crippen molar-refractivity contribution in [2.75, 3.05) is 23.8 Å². The lowest BCUT2D eigenvalue weighted by atomic mass is 10.3. The minimum absolute atomic E-state index is 0.0277. The van der Waals surface area contributed by atoms with Gasteiger partial charge in [0.15, 0.2) is 5.13 Å². The molecule has 1 heterocycles. The molecule has 0 bridgehead atoms. The predicted molar refractivity (Wildman–Crippen MR) is 76.4 cm³/mol. The van der Waals surface area contributed by atoms with Crippen molar-refractivity contribution in [2.45, 2.75) is 6.42 Å². The highest BCUT2D eigenvalue weighted by Gasteiger charge is 2.08. The maximum atomic E-state index is 12.7. The maximum absolute atomic E-state index is 12.7. The van der Waals surface area contributed by atoms with Crippen LogP contribution in [0.25, 0.3) is 0 Å². The van der Waals surface area contributed by atoms with E-state index in [1.807, 2.05) is 0 Å². The molecule has 1 amide bonds. The molecule has 0 aliphatic heterocycles. The number of carbonyl (C=O) groups is 1. The SMILES string of the molecule is O=C(Cc1csc(NCCO)n1)Nc1ccc(F)cc1. The zero-order valence-electron chi connectivity index (χ0n) is 10.6. The number of rotatable bonds is 6. The quantitative estimate of drug-likeness (QED) is 0.760. The Labute approximate surface area is 119 Å². The second kappa shape index (κ2) is 6.97. The number of halogens is 1. The molecule has 5 nitrogen and oxygen atoms in total. The van der Waals surface area contributed by atoms with Gasteiger partial charge in [-0.25, -0.2) is 9.37 Å². The fourth-order valence-electron chi connectivity index (χ4n) is 1.54. The number of aromatic nitrogens is 1. The predicted octanol–water partition coefficient (Wildman–Crippen LogP) is 1.87. The summed E-state index contributed by atoms with van der Waals surface area (Å²) in [5, 5.41) is 16.7. The van der Waals surface area contributed by atoms with Crippen molar-refractivity contribution < 1.29 is 14.3 Å². The summed E-state index contributed by atoms with van der Waals surface area (Å²) in [5.74, 6) is -0.558. The fraction of sp³-hybridized carbons (Fsp3) is 0.231. The molecular weight excluding hydrogens is 281 g/mol. The third kappa shape index (κ3) is 4.29. The van der Waals surface area contributed by atoms with Gasteiger partial charge in [0.25, 0.3) is 0 Å². The van der Waals surface area contributed by atoms with Crippen LogP contribution in [0.4, 0.5) is 15.2 Å². The molecule has 7 heteroatoms. The summed E-state index contributed by atoms with van der Waals surface area (Å²) >= 11 is 1.38. The summed E-state index contributed by atoms with van der Waals surface area (Å²) < 4.78 is 12.7. The van der Waals surface area contributed by atoms with Crippen LogP contribution in [-0.4, -0.2) is 29.1 Å². The first kappa shape index (κ1) is 14.4. The number of anilines is 2. The second-order valence-corrected chi connectivity index (χ2v) is 4.88. The van der Waals surface area contributed by atoms with Crippen LogP contribution in [0, 0.1) is 5.82 Å². The molecule has 0 fully saturated rings.